The molecule has 0 saturated carbocycles. The molecule has 0 N–H and O–H groups in total. The molecule has 2 aromatic rings. The second-order valence-electron chi connectivity index (χ2n) is 6.67. The molecule has 116 valence electrons. The minimum absolute atomic E-state index is 1.20. The summed E-state index contributed by atoms with van der Waals surface area (Å²) in [6, 6.07) is 16.1. The molecule has 22 heavy (non-hydrogen) atoms. The molecule has 0 aliphatic heterocycles. The first-order valence-electron chi connectivity index (χ1n) is 9.08. The van der Waals surface area contributed by atoms with E-state index in [4.69, 9.17) is 0 Å². The molecule has 0 amide bonds. The Morgan fingerprint density at radius 1 is 0.727 bits per heavy atom. The van der Waals surface area contributed by atoms with Crippen LogP contribution >= 0.6 is 0 Å². The van der Waals surface area contributed by atoms with E-state index < -0.39 is 0 Å². The van der Waals surface area contributed by atoms with Crippen LogP contribution in [0.15, 0.2) is 42.5 Å². The van der Waals surface area contributed by atoms with Gasteiger partial charge in [-0.15, -0.1) is 0 Å². The van der Waals surface area contributed by atoms with E-state index in [9.17, 15) is 0 Å². The molecular formula is C22H28. The first-order valence-corrected chi connectivity index (χ1v) is 9.08. The monoisotopic (exact) mass is 292 g/mol. The Bertz CT molecular complexity index is 609. The summed E-state index contributed by atoms with van der Waals surface area (Å²) in [5.41, 5.74) is 7.53. The molecular weight excluding hydrogens is 264 g/mol. The number of hydrogen-bond acceptors (Lipinski definition) is 0. The minimum Gasteiger partial charge on any atom is -0.0654 e. The van der Waals surface area contributed by atoms with E-state index in [2.05, 4.69) is 49.4 Å². The van der Waals surface area contributed by atoms with Crippen LogP contribution in [-0.4, -0.2) is 0 Å². The molecule has 0 aromatic heterocycles. The Balaban J connectivity index is 1.61. The van der Waals surface area contributed by atoms with Crippen LogP contribution in [0.25, 0.3) is 11.1 Å². The van der Waals surface area contributed by atoms with Crippen molar-refractivity contribution < 1.29 is 0 Å². The van der Waals surface area contributed by atoms with Gasteiger partial charge in [0.15, 0.2) is 0 Å². The topological polar surface area (TPSA) is 0 Å². The Morgan fingerprint density at radius 2 is 1.45 bits per heavy atom. The summed E-state index contributed by atoms with van der Waals surface area (Å²) in [7, 11) is 0. The number of unbranched alkanes of at least 4 members (excludes halogenated alkanes) is 5. The van der Waals surface area contributed by atoms with Crippen molar-refractivity contribution in [2.75, 3.05) is 0 Å². The smallest absolute Gasteiger partial charge is 0.0149 e. The maximum atomic E-state index is 2.47. The van der Waals surface area contributed by atoms with Crippen LogP contribution in [-0.2, 0) is 19.3 Å². The van der Waals surface area contributed by atoms with Crippen LogP contribution in [0.2, 0.25) is 0 Å². The van der Waals surface area contributed by atoms with E-state index >= 15 is 0 Å². The van der Waals surface area contributed by atoms with E-state index in [1.54, 1.807) is 5.56 Å². The lowest BCUT2D eigenvalue weighted by Crippen LogP contribution is -2.04. The lowest BCUT2D eigenvalue weighted by Gasteiger charge is -2.20. The van der Waals surface area contributed by atoms with Crippen LogP contribution in [0.5, 0.6) is 0 Å². The summed E-state index contributed by atoms with van der Waals surface area (Å²) in [5.74, 6) is 0. The normalized spacial score (nSPS) is 12.8. The Morgan fingerprint density at radius 3 is 2.36 bits per heavy atom. The molecule has 0 heteroatoms. The van der Waals surface area contributed by atoms with Crippen molar-refractivity contribution in [3.05, 3.63) is 59.2 Å². The highest BCUT2D eigenvalue weighted by molar-refractivity contribution is 5.73. The van der Waals surface area contributed by atoms with E-state index in [1.165, 1.54) is 80.0 Å². The number of hydrogen-bond donors (Lipinski definition) is 0. The van der Waals surface area contributed by atoms with Gasteiger partial charge in [0, 0.05) is 0 Å². The van der Waals surface area contributed by atoms with Crippen LogP contribution in [0.3, 0.4) is 0 Å². The molecule has 0 unspecified atom stereocenters. The Labute approximate surface area is 135 Å². The molecule has 0 heterocycles. The third kappa shape index (κ3) is 3.61. The van der Waals surface area contributed by atoms with Gasteiger partial charge in [0.05, 0.1) is 0 Å². The van der Waals surface area contributed by atoms with Gasteiger partial charge in [0.25, 0.3) is 0 Å². The van der Waals surface area contributed by atoms with Crippen molar-refractivity contribution in [2.45, 2.75) is 64.7 Å². The summed E-state index contributed by atoms with van der Waals surface area (Å²) in [6.45, 7) is 2.28. The fourth-order valence-electron chi connectivity index (χ4n) is 3.65. The highest BCUT2D eigenvalue weighted by Crippen LogP contribution is 2.33. The van der Waals surface area contributed by atoms with E-state index in [1.807, 2.05) is 0 Å². The van der Waals surface area contributed by atoms with Gasteiger partial charge in [-0.05, 0) is 53.5 Å². The van der Waals surface area contributed by atoms with Crippen molar-refractivity contribution in [3.63, 3.8) is 0 Å². The van der Waals surface area contributed by atoms with Gasteiger partial charge in [-0.25, -0.2) is 0 Å². The highest BCUT2D eigenvalue weighted by Gasteiger charge is 2.15. The maximum Gasteiger partial charge on any atom is -0.0149 e. The van der Waals surface area contributed by atoms with Crippen LogP contribution in [0.1, 0.15) is 62.1 Å². The zero-order valence-corrected chi connectivity index (χ0v) is 13.9. The van der Waals surface area contributed by atoms with Crippen molar-refractivity contribution in [2.24, 2.45) is 0 Å². The summed E-state index contributed by atoms with van der Waals surface area (Å²) in [4.78, 5) is 0. The summed E-state index contributed by atoms with van der Waals surface area (Å²) in [5, 5.41) is 0. The molecule has 1 aliphatic rings. The van der Waals surface area contributed by atoms with Gasteiger partial charge in [-0.3, -0.25) is 0 Å². The van der Waals surface area contributed by atoms with Crippen molar-refractivity contribution in [1.29, 1.82) is 0 Å². The fraction of sp³-hybridized carbons (Fsp3) is 0.455. The van der Waals surface area contributed by atoms with Crippen LogP contribution < -0.4 is 0 Å². The summed E-state index contributed by atoms with van der Waals surface area (Å²) < 4.78 is 0. The van der Waals surface area contributed by atoms with Gasteiger partial charge in [-0.1, -0.05) is 81.5 Å². The molecule has 2 aromatic carbocycles. The zero-order valence-electron chi connectivity index (χ0n) is 13.9. The van der Waals surface area contributed by atoms with E-state index in [0.717, 1.165) is 0 Å². The quantitative estimate of drug-likeness (QED) is 0.521. The molecule has 0 bridgehead atoms. The Hall–Kier alpha value is -1.56. The van der Waals surface area contributed by atoms with Gasteiger partial charge < -0.3 is 0 Å². The van der Waals surface area contributed by atoms with Crippen LogP contribution in [0.4, 0.5) is 0 Å². The van der Waals surface area contributed by atoms with Gasteiger partial charge >= 0.3 is 0 Å². The number of benzene rings is 2. The second kappa shape index (κ2) is 7.63. The molecule has 3 rings (SSSR count). The number of rotatable bonds is 7. The van der Waals surface area contributed by atoms with Gasteiger partial charge in [0.1, 0.15) is 0 Å². The predicted molar refractivity (Wildman–Crippen MR) is 96.4 cm³/mol. The highest BCUT2D eigenvalue weighted by atomic mass is 14.2. The van der Waals surface area contributed by atoms with Gasteiger partial charge in [0.2, 0.25) is 0 Å². The average molecular weight is 292 g/mol. The van der Waals surface area contributed by atoms with Crippen molar-refractivity contribution >= 4 is 0 Å². The van der Waals surface area contributed by atoms with E-state index in [-0.39, 0.29) is 0 Å². The van der Waals surface area contributed by atoms with E-state index in [0.29, 0.717) is 0 Å². The lowest BCUT2D eigenvalue weighted by atomic mass is 9.84. The number of fused-ring (bicyclic) bond motifs is 3. The zero-order chi connectivity index (χ0) is 15.2. The van der Waals surface area contributed by atoms with Crippen molar-refractivity contribution in [3.8, 4) is 11.1 Å². The summed E-state index contributed by atoms with van der Waals surface area (Å²) in [6.07, 6.45) is 12.0. The first-order chi connectivity index (χ1) is 10.9. The van der Waals surface area contributed by atoms with Crippen molar-refractivity contribution in [1.82, 2.24) is 0 Å². The first kappa shape index (κ1) is 15.3. The molecule has 0 radical (unpaired) electrons. The van der Waals surface area contributed by atoms with Gasteiger partial charge in [-0.2, -0.15) is 0 Å². The number of aryl methyl sites for hydroxylation is 3. The third-order valence-corrected chi connectivity index (χ3v) is 4.96. The minimum atomic E-state index is 1.20. The molecule has 0 atom stereocenters. The largest absolute Gasteiger partial charge is 0.0654 e. The molecule has 0 nitrogen and oxygen atoms in total. The molecule has 0 fully saturated rings. The fourth-order valence-corrected chi connectivity index (χ4v) is 3.65. The SMILES string of the molecule is CCCCCCCCc1ccc2c(c1)CCc1ccccc1-2. The average Bonchev–Trinajstić information content (AvgIpc) is 2.57. The molecule has 0 spiro atoms. The Kier molecular flexibility index (Phi) is 5.32. The molecule has 0 saturated heterocycles. The van der Waals surface area contributed by atoms with Crippen LogP contribution in [0, 0.1) is 0 Å². The molecule has 1 aliphatic carbocycles. The standard InChI is InChI=1S/C22H28/c1-2-3-4-5-6-7-10-18-13-16-22-20(17-18)15-14-19-11-8-9-12-21(19)22/h8-9,11-13,16-17H,2-7,10,14-15H2,1H3. The lowest BCUT2D eigenvalue weighted by molar-refractivity contribution is 0.607. The summed E-state index contributed by atoms with van der Waals surface area (Å²) >= 11 is 0. The third-order valence-electron chi connectivity index (χ3n) is 4.96. The maximum absolute atomic E-state index is 2.47. The second-order valence-corrected chi connectivity index (χ2v) is 6.67. The predicted octanol–water partition coefficient (Wildman–Crippen LogP) is 6.36.